The monoisotopic (exact) mass is 332 g/mol. The van der Waals surface area contributed by atoms with Crippen molar-refractivity contribution in [2.45, 2.75) is 92.2 Å². The van der Waals surface area contributed by atoms with E-state index >= 15 is 0 Å². The minimum atomic E-state index is -0.821. The van der Waals surface area contributed by atoms with Gasteiger partial charge >= 0.3 is 0 Å². The highest BCUT2D eigenvalue weighted by atomic mass is 15.2. The zero-order valence-corrected chi connectivity index (χ0v) is 16.9. The molecule has 136 valence electrons. The average molecular weight is 333 g/mol. The standard InChI is InChI=1S/C20H36N4/c1-15(2)9-19(13-21,10-16(3)4)23-24-20(14-22,11-17(5)6)12-18(7)8/h15-18H,9-12H2,1-8H3. The molecule has 0 aromatic heterocycles. The summed E-state index contributed by atoms with van der Waals surface area (Å²) in [7, 11) is 0. The third-order valence-corrected chi connectivity index (χ3v) is 3.83. The molecule has 0 aliphatic heterocycles. The molecule has 0 aliphatic rings. The van der Waals surface area contributed by atoms with E-state index in [9.17, 15) is 10.5 Å². The summed E-state index contributed by atoms with van der Waals surface area (Å²) in [5.74, 6) is 1.42. The van der Waals surface area contributed by atoms with E-state index in [2.05, 4.69) is 77.8 Å². The van der Waals surface area contributed by atoms with Gasteiger partial charge in [0.1, 0.15) is 0 Å². The minimum Gasteiger partial charge on any atom is -0.196 e. The van der Waals surface area contributed by atoms with Gasteiger partial charge in [-0.15, -0.1) is 0 Å². The summed E-state index contributed by atoms with van der Waals surface area (Å²) in [6, 6.07) is 4.82. The van der Waals surface area contributed by atoms with Crippen molar-refractivity contribution in [3.8, 4) is 12.1 Å². The summed E-state index contributed by atoms with van der Waals surface area (Å²) in [5.41, 5.74) is -1.64. The normalized spacial score (nSPS) is 13.2. The van der Waals surface area contributed by atoms with Crippen LogP contribution in [0.25, 0.3) is 0 Å². The molecule has 0 rings (SSSR count). The Morgan fingerprint density at radius 2 is 0.792 bits per heavy atom. The van der Waals surface area contributed by atoms with Gasteiger partial charge in [-0.2, -0.15) is 20.8 Å². The molecule has 4 heteroatoms. The summed E-state index contributed by atoms with van der Waals surface area (Å²) in [6.45, 7) is 16.8. The van der Waals surface area contributed by atoms with Crippen molar-refractivity contribution in [1.82, 2.24) is 0 Å². The molecule has 0 aromatic carbocycles. The maximum atomic E-state index is 9.82. The van der Waals surface area contributed by atoms with E-state index < -0.39 is 11.1 Å². The van der Waals surface area contributed by atoms with E-state index in [0.29, 0.717) is 49.4 Å². The Balaban J connectivity index is 5.80. The predicted molar refractivity (Wildman–Crippen MR) is 99.4 cm³/mol. The largest absolute Gasteiger partial charge is 0.196 e. The summed E-state index contributed by atoms with van der Waals surface area (Å²) < 4.78 is 0. The molecule has 0 atom stereocenters. The lowest BCUT2D eigenvalue weighted by Gasteiger charge is -2.29. The van der Waals surface area contributed by atoms with Crippen LogP contribution in [0.2, 0.25) is 0 Å². The van der Waals surface area contributed by atoms with Gasteiger partial charge in [0.15, 0.2) is 11.1 Å². The summed E-state index contributed by atoms with van der Waals surface area (Å²) in [4.78, 5) is 0. The van der Waals surface area contributed by atoms with E-state index in [-0.39, 0.29) is 0 Å². The molecular weight excluding hydrogens is 296 g/mol. The second-order valence-corrected chi connectivity index (χ2v) is 8.88. The van der Waals surface area contributed by atoms with E-state index in [0.717, 1.165) is 0 Å². The fourth-order valence-corrected chi connectivity index (χ4v) is 3.45. The van der Waals surface area contributed by atoms with E-state index in [4.69, 9.17) is 0 Å². The maximum Gasteiger partial charge on any atom is 0.168 e. The van der Waals surface area contributed by atoms with Crippen LogP contribution in [0.4, 0.5) is 0 Å². The van der Waals surface area contributed by atoms with Crippen molar-refractivity contribution in [2.24, 2.45) is 33.9 Å². The first-order chi connectivity index (χ1) is 11.0. The van der Waals surface area contributed by atoms with Crippen LogP contribution in [0.5, 0.6) is 0 Å². The number of hydrogen-bond acceptors (Lipinski definition) is 4. The molecule has 0 saturated carbocycles. The van der Waals surface area contributed by atoms with Crippen molar-refractivity contribution in [3.63, 3.8) is 0 Å². The topological polar surface area (TPSA) is 72.3 Å². The van der Waals surface area contributed by atoms with Gasteiger partial charge < -0.3 is 0 Å². The molecular formula is C20H36N4. The Morgan fingerprint density at radius 3 is 0.917 bits per heavy atom. The Labute approximate surface area is 149 Å². The summed E-state index contributed by atoms with van der Waals surface area (Å²) in [5, 5.41) is 28.7. The second kappa shape index (κ2) is 9.77. The van der Waals surface area contributed by atoms with E-state index in [1.165, 1.54) is 0 Å². The lowest BCUT2D eigenvalue weighted by molar-refractivity contribution is 0.298. The van der Waals surface area contributed by atoms with Gasteiger partial charge in [-0.05, 0) is 49.4 Å². The van der Waals surface area contributed by atoms with Gasteiger partial charge in [0, 0.05) is 0 Å². The SMILES string of the molecule is CC(C)CC(C#N)(CC(C)C)N=NC(C#N)(CC(C)C)CC(C)C. The third-order valence-electron chi connectivity index (χ3n) is 3.83. The first-order valence-electron chi connectivity index (χ1n) is 9.26. The van der Waals surface area contributed by atoms with Crippen LogP contribution in [0.3, 0.4) is 0 Å². The van der Waals surface area contributed by atoms with Gasteiger partial charge in [0.25, 0.3) is 0 Å². The molecule has 0 aliphatic carbocycles. The lowest BCUT2D eigenvalue weighted by atomic mass is 9.82. The van der Waals surface area contributed by atoms with Crippen molar-refractivity contribution < 1.29 is 0 Å². The number of azo groups is 1. The summed E-state index contributed by atoms with van der Waals surface area (Å²) >= 11 is 0. The van der Waals surface area contributed by atoms with Gasteiger partial charge in [-0.25, -0.2) is 0 Å². The van der Waals surface area contributed by atoms with Gasteiger partial charge in [0.05, 0.1) is 12.1 Å². The van der Waals surface area contributed by atoms with Gasteiger partial charge in [-0.3, -0.25) is 0 Å². The predicted octanol–water partition coefficient (Wildman–Crippen LogP) is 6.15. The molecule has 0 saturated heterocycles. The highest BCUT2D eigenvalue weighted by Gasteiger charge is 2.36. The number of nitriles is 2. The molecule has 0 amide bonds. The van der Waals surface area contributed by atoms with Crippen LogP contribution in [0.15, 0.2) is 10.2 Å². The fraction of sp³-hybridized carbons (Fsp3) is 0.900. The Bertz CT molecular complexity index is 411. The first-order valence-corrected chi connectivity index (χ1v) is 9.26. The second-order valence-electron chi connectivity index (χ2n) is 8.88. The van der Waals surface area contributed by atoms with Crippen LogP contribution < -0.4 is 0 Å². The smallest absolute Gasteiger partial charge is 0.168 e. The first kappa shape index (κ1) is 22.6. The van der Waals surface area contributed by atoms with Crippen molar-refractivity contribution in [3.05, 3.63) is 0 Å². The fourth-order valence-electron chi connectivity index (χ4n) is 3.45. The molecule has 0 radical (unpaired) electrons. The van der Waals surface area contributed by atoms with Crippen molar-refractivity contribution in [1.29, 1.82) is 10.5 Å². The highest BCUT2D eigenvalue weighted by Crippen LogP contribution is 2.34. The quantitative estimate of drug-likeness (QED) is 0.450. The lowest BCUT2D eigenvalue weighted by Crippen LogP contribution is -2.32. The zero-order valence-electron chi connectivity index (χ0n) is 16.9. The maximum absolute atomic E-state index is 9.82. The molecule has 0 heterocycles. The van der Waals surface area contributed by atoms with Crippen LogP contribution in [-0.2, 0) is 0 Å². The Morgan fingerprint density at radius 1 is 0.583 bits per heavy atom. The van der Waals surface area contributed by atoms with Crippen LogP contribution in [-0.4, -0.2) is 11.1 Å². The molecule has 0 aromatic rings. The number of rotatable bonds is 10. The summed E-state index contributed by atoms with van der Waals surface area (Å²) in [6.07, 6.45) is 2.71. The zero-order chi connectivity index (χ0) is 19.0. The minimum absolute atomic E-state index is 0.356. The van der Waals surface area contributed by atoms with Gasteiger partial charge in [-0.1, -0.05) is 55.4 Å². The average Bonchev–Trinajstić information content (AvgIpc) is 2.42. The Kier molecular flexibility index (Phi) is 9.20. The Hall–Kier alpha value is -1.42. The van der Waals surface area contributed by atoms with Gasteiger partial charge in [0.2, 0.25) is 0 Å². The molecule has 0 spiro atoms. The van der Waals surface area contributed by atoms with Crippen LogP contribution >= 0.6 is 0 Å². The van der Waals surface area contributed by atoms with Crippen LogP contribution in [0, 0.1) is 46.3 Å². The highest BCUT2D eigenvalue weighted by molar-refractivity contribution is 5.11. The molecule has 0 unspecified atom stereocenters. The molecule has 0 fully saturated rings. The third kappa shape index (κ3) is 7.91. The number of hydrogen-bond donors (Lipinski definition) is 0. The number of nitrogens with zero attached hydrogens (tertiary/aromatic N) is 4. The molecule has 0 bridgehead atoms. The van der Waals surface area contributed by atoms with Crippen LogP contribution in [0.1, 0.15) is 81.1 Å². The van der Waals surface area contributed by atoms with E-state index in [1.54, 1.807) is 0 Å². The van der Waals surface area contributed by atoms with E-state index in [1.807, 2.05) is 0 Å². The molecule has 24 heavy (non-hydrogen) atoms. The molecule has 4 nitrogen and oxygen atoms in total. The van der Waals surface area contributed by atoms with Crippen molar-refractivity contribution >= 4 is 0 Å². The van der Waals surface area contributed by atoms with Crippen molar-refractivity contribution in [2.75, 3.05) is 0 Å². The molecule has 0 N–H and O–H groups in total.